The quantitative estimate of drug-likeness (QED) is 0.518. The van der Waals surface area contributed by atoms with Crippen molar-refractivity contribution in [3.63, 3.8) is 0 Å². The summed E-state index contributed by atoms with van der Waals surface area (Å²) in [5.41, 5.74) is 3.18. The van der Waals surface area contributed by atoms with E-state index in [0.717, 1.165) is 22.3 Å². The molecule has 0 spiro atoms. The Morgan fingerprint density at radius 3 is 2.06 bits per heavy atom. The fraction of sp³-hybridized carbons (Fsp3) is 0.400. The van der Waals surface area contributed by atoms with E-state index in [9.17, 15) is 27.6 Å². The van der Waals surface area contributed by atoms with Gasteiger partial charge in [0.2, 0.25) is 5.91 Å². The maximum absolute atomic E-state index is 12.9. The molecule has 2 aliphatic rings. The molecule has 1 atom stereocenters. The van der Waals surface area contributed by atoms with Crippen LogP contribution in [0.15, 0.2) is 48.5 Å². The minimum absolute atomic E-state index is 0.0882. The highest BCUT2D eigenvalue weighted by Crippen LogP contribution is 2.44. The lowest BCUT2D eigenvalue weighted by atomic mass is 9.68. The summed E-state index contributed by atoms with van der Waals surface area (Å²) in [6.45, 7) is -1.09. The molecular formula is C25H25F3N2O5. The van der Waals surface area contributed by atoms with E-state index in [4.69, 9.17) is 9.84 Å². The molecule has 0 saturated heterocycles. The molecule has 0 aliphatic heterocycles. The Balaban J connectivity index is 1.33. The molecule has 1 fully saturated rings. The lowest BCUT2D eigenvalue weighted by molar-refractivity contribution is -0.192. The van der Waals surface area contributed by atoms with Gasteiger partial charge in [-0.25, -0.2) is 4.79 Å². The third-order valence-corrected chi connectivity index (χ3v) is 6.87. The number of carbonyl (C=O) groups is 3. The Hall–Kier alpha value is -3.56. The van der Waals surface area contributed by atoms with Crippen LogP contribution in [0, 0.1) is 11.3 Å². The van der Waals surface area contributed by atoms with Crippen LogP contribution in [0.5, 0.6) is 0 Å². The molecule has 3 N–H and O–H groups in total. The van der Waals surface area contributed by atoms with Gasteiger partial charge in [-0.15, -0.1) is 0 Å². The highest BCUT2D eigenvalue weighted by molar-refractivity contribution is 5.85. The van der Waals surface area contributed by atoms with Crippen LogP contribution >= 0.6 is 0 Å². The monoisotopic (exact) mass is 490 g/mol. The average molecular weight is 490 g/mol. The normalized spacial score (nSPS) is 16.9. The number of aliphatic carboxylic acids is 1. The second-order valence-corrected chi connectivity index (χ2v) is 8.96. The van der Waals surface area contributed by atoms with Gasteiger partial charge < -0.3 is 20.5 Å². The van der Waals surface area contributed by atoms with E-state index in [0.29, 0.717) is 19.3 Å². The van der Waals surface area contributed by atoms with Crippen LogP contribution in [-0.4, -0.2) is 48.9 Å². The van der Waals surface area contributed by atoms with Crippen LogP contribution in [0.4, 0.5) is 18.0 Å². The van der Waals surface area contributed by atoms with Crippen LogP contribution < -0.4 is 10.6 Å². The lowest BCUT2D eigenvalue weighted by Crippen LogP contribution is -2.54. The molecule has 4 rings (SSSR count). The van der Waals surface area contributed by atoms with Gasteiger partial charge in [-0.05, 0) is 35.1 Å². The molecule has 0 heterocycles. The molecular weight excluding hydrogens is 465 g/mol. The molecule has 2 amide bonds. The highest BCUT2D eigenvalue weighted by atomic mass is 19.4. The van der Waals surface area contributed by atoms with Crippen molar-refractivity contribution in [1.82, 2.24) is 10.6 Å². The summed E-state index contributed by atoms with van der Waals surface area (Å²) in [6, 6.07) is 15.7. The van der Waals surface area contributed by atoms with Gasteiger partial charge in [-0.2, -0.15) is 13.2 Å². The average Bonchev–Trinajstić information content (AvgIpc) is 3.09. The Kier molecular flexibility index (Phi) is 6.73. The highest BCUT2D eigenvalue weighted by Gasteiger charge is 2.48. The lowest BCUT2D eigenvalue weighted by Gasteiger charge is -2.40. The molecule has 0 radical (unpaired) electrons. The van der Waals surface area contributed by atoms with Crippen LogP contribution in [0.1, 0.15) is 36.3 Å². The van der Waals surface area contributed by atoms with Gasteiger partial charge in [0.15, 0.2) is 5.92 Å². The number of carboxylic acid groups (broad SMARTS) is 1. The summed E-state index contributed by atoms with van der Waals surface area (Å²) in [5.74, 6) is -5.60. The second kappa shape index (κ2) is 9.59. The molecule has 35 heavy (non-hydrogen) atoms. The first-order chi connectivity index (χ1) is 16.6. The Bertz CT molecular complexity index is 1080. The fourth-order valence-electron chi connectivity index (χ4n) is 4.70. The van der Waals surface area contributed by atoms with E-state index in [1.165, 1.54) is 0 Å². The molecule has 7 nitrogen and oxygen atoms in total. The molecule has 10 heteroatoms. The van der Waals surface area contributed by atoms with Crippen molar-refractivity contribution in [2.24, 2.45) is 11.3 Å². The first kappa shape index (κ1) is 24.6. The Labute approximate surface area is 199 Å². The van der Waals surface area contributed by atoms with Gasteiger partial charge in [0, 0.05) is 19.0 Å². The van der Waals surface area contributed by atoms with Gasteiger partial charge in [0.1, 0.15) is 6.61 Å². The van der Waals surface area contributed by atoms with Crippen molar-refractivity contribution in [2.45, 2.75) is 31.4 Å². The zero-order valence-electron chi connectivity index (χ0n) is 18.7. The van der Waals surface area contributed by atoms with Crippen molar-refractivity contribution in [3.05, 3.63) is 59.7 Å². The number of hydrogen-bond acceptors (Lipinski definition) is 4. The summed E-state index contributed by atoms with van der Waals surface area (Å²) < 4.78 is 44.0. The Morgan fingerprint density at radius 2 is 1.57 bits per heavy atom. The third kappa shape index (κ3) is 4.96. The van der Waals surface area contributed by atoms with Crippen molar-refractivity contribution < 1.29 is 37.4 Å². The van der Waals surface area contributed by atoms with E-state index in [1.54, 1.807) is 0 Å². The molecule has 2 aromatic rings. The number of halogens is 3. The van der Waals surface area contributed by atoms with Crippen molar-refractivity contribution in [3.8, 4) is 11.1 Å². The van der Waals surface area contributed by atoms with E-state index < -0.39 is 42.0 Å². The minimum Gasteiger partial charge on any atom is -0.481 e. The molecule has 1 saturated carbocycles. The van der Waals surface area contributed by atoms with E-state index in [1.807, 2.05) is 48.5 Å². The largest absolute Gasteiger partial charge is 0.481 e. The van der Waals surface area contributed by atoms with Gasteiger partial charge >= 0.3 is 18.2 Å². The van der Waals surface area contributed by atoms with Crippen molar-refractivity contribution >= 4 is 18.0 Å². The van der Waals surface area contributed by atoms with Crippen LogP contribution in [0.2, 0.25) is 0 Å². The standard InChI is InChI=1S/C25H25F3N2O5/c26-25(27,28)20(21(31)32)12-29-22(33)24(10-5-11-24)14-30-23(34)35-13-19-17-8-3-1-6-15(17)16-7-2-4-9-18(16)19/h1-4,6-9,19-20H,5,10-14H2,(H,29,33)(H,30,34)(H,31,32). The maximum Gasteiger partial charge on any atom is 0.407 e. The van der Waals surface area contributed by atoms with Crippen molar-refractivity contribution in [2.75, 3.05) is 19.7 Å². The number of carbonyl (C=O) groups excluding carboxylic acids is 2. The third-order valence-electron chi connectivity index (χ3n) is 6.87. The number of alkyl halides is 3. The fourth-order valence-corrected chi connectivity index (χ4v) is 4.70. The summed E-state index contributed by atoms with van der Waals surface area (Å²) in [4.78, 5) is 35.9. The summed E-state index contributed by atoms with van der Waals surface area (Å²) in [6.07, 6.45) is -4.31. The predicted molar refractivity (Wildman–Crippen MR) is 120 cm³/mol. The predicted octanol–water partition coefficient (Wildman–Crippen LogP) is 4.07. The Morgan fingerprint density at radius 1 is 1.00 bits per heavy atom. The van der Waals surface area contributed by atoms with E-state index in [-0.39, 0.29) is 19.1 Å². The first-order valence-corrected chi connectivity index (χ1v) is 11.3. The summed E-state index contributed by atoms with van der Waals surface area (Å²) in [5, 5.41) is 13.5. The van der Waals surface area contributed by atoms with Gasteiger partial charge in [-0.3, -0.25) is 9.59 Å². The number of fused-ring (bicyclic) bond motifs is 3. The van der Waals surface area contributed by atoms with E-state index in [2.05, 4.69) is 10.6 Å². The first-order valence-electron chi connectivity index (χ1n) is 11.3. The number of alkyl carbamates (subject to hydrolysis) is 1. The SMILES string of the molecule is O=C(NCC1(C(=O)NCC(C(=O)O)C(F)(F)F)CCC1)OCC1c2ccccc2-c2ccccc21. The molecule has 0 bridgehead atoms. The number of rotatable bonds is 8. The number of benzene rings is 2. The molecule has 186 valence electrons. The maximum atomic E-state index is 12.9. The van der Waals surface area contributed by atoms with Gasteiger partial charge in [-0.1, -0.05) is 55.0 Å². The summed E-state index contributed by atoms with van der Waals surface area (Å²) >= 11 is 0. The zero-order chi connectivity index (χ0) is 25.2. The van der Waals surface area contributed by atoms with Gasteiger partial charge in [0.25, 0.3) is 0 Å². The minimum atomic E-state index is -4.98. The molecule has 2 aromatic carbocycles. The molecule has 2 aliphatic carbocycles. The number of amides is 2. The van der Waals surface area contributed by atoms with Crippen molar-refractivity contribution in [1.29, 1.82) is 0 Å². The smallest absolute Gasteiger partial charge is 0.407 e. The van der Waals surface area contributed by atoms with E-state index >= 15 is 0 Å². The van der Waals surface area contributed by atoms with Crippen LogP contribution in [0.3, 0.4) is 0 Å². The summed E-state index contributed by atoms with van der Waals surface area (Å²) in [7, 11) is 0. The number of nitrogens with one attached hydrogen (secondary N) is 2. The van der Waals surface area contributed by atoms with Gasteiger partial charge in [0.05, 0.1) is 5.41 Å². The van der Waals surface area contributed by atoms with Crippen LogP contribution in [0.25, 0.3) is 11.1 Å². The molecule has 1 unspecified atom stereocenters. The second-order valence-electron chi connectivity index (χ2n) is 8.96. The number of carboxylic acids is 1. The zero-order valence-corrected chi connectivity index (χ0v) is 18.7. The topological polar surface area (TPSA) is 105 Å². The molecule has 0 aromatic heterocycles. The number of ether oxygens (including phenoxy) is 1. The number of hydrogen-bond donors (Lipinski definition) is 3. The van der Waals surface area contributed by atoms with Crippen LogP contribution in [-0.2, 0) is 14.3 Å².